The van der Waals surface area contributed by atoms with Crippen molar-refractivity contribution >= 4 is 24.2 Å². The van der Waals surface area contributed by atoms with Crippen LogP contribution in [0.4, 0.5) is 0 Å². The molecule has 0 saturated heterocycles. The van der Waals surface area contributed by atoms with Crippen LogP contribution in [0.25, 0.3) is 0 Å². The molecule has 0 rings (SSSR count). The third-order valence-corrected chi connectivity index (χ3v) is 2.60. The van der Waals surface area contributed by atoms with Gasteiger partial charge in [0.1, 0.15) is 6.04 Å². The zero-order chi connectivity index (χ0) is 14.3. The second kappa shape index (κ2) is 10.0. The molecule has 1 unspecified atom stereocenters. The molecule has 0 fully saturated rings. The average Bonchev–Trinajstić information content (AvgIpc) is 2.23. The molecule has 19 heavy (non-hydrogen) atoms. The molecule has 2 atom stereocenters. The predicted octanol–water partition coefficient (Wildman–Crippen LogP) is 1.06. The summed E-state index contributed by atoms with van der Waals surface area (Å²) >= 11 is 0. The van der Waals surface area contributed by atoms with E-state index < -0.39 is 6.04 Å². The summed E-state index contributed by atoms with van der Waals surface area (Å²) in [5.74, 6) is 0.0780. The predicted molar refractivity (Wildman–Crippen MR) is 80.1 cm³/mol. The first-order valence-electron chi connectivity index (χ1n) is 6.57. The largest absolute Gasteiger partial charge is 0.351 e. The summed E-state index contributed by atoms with van der Waals surface area (Å²) in [6, 6.07) is -0.578. The molecule has 2 amide bonds. The number of amides is 2. The van der Waals surface area contributed by atoms with E-state index in [1.165, 1.54) is 0 Å². The molecule has 0 radical (unpaired) electrons. The Balaban J connectivity index is 0. The second-order valence-electron chi connectivity index (χ2n) is 5.53. The van der Waals surface area contributed by atoms with Gasteiger partial charge in [0.15, 0.2) is 0 Å². The van der Waals surface area contributed by atoms with E-state index in [4.69, 9.17) is 5.73 Å². The Morgan fingerprint density at radius 2 is 1.58 bits per heavy atom. The van der Waals surface area contributed by atoms with Crippen molar-refractivity contribution in [3.8, 4) is 0 Å². The third-order valence-electron chi connectivity index (χ3n) is 2.60. The van der Waals surface area contributed by atoms with Crippen LogP contribution in [0.1, 0.15) is 41.0 Å². The number of carbonyl (C=O) groups excluding carboxylic acids is 2. The van der Waals surface area contributed by atoms with Crippen molar-refractivity contribution in [3.63, 3.8) is 0 Å². The van der Waals surface area contributed by atoms with Gasteiger partial charge in [-0.15, -0.1) is 12.4 Å². The molecule has 0 aromatic rings. The van der Waals surface area contributed by atoms with Crippen LogP contribution in [0.15, 0.2) is 0 Å². The molecule has 4 N–H and O–H groups in total. The Labute approximate surface area is 122 Å². The first-order valence-corrected chi connectivity index (χ1v) is 6.57. The van der Waals surface area contributed by atoms with E-state index >= 15 is 0 Å². The van der Waals surface area contributed by atoms with Gasteiger partial charge in [-0.2, -0.15) is 0 Å². The molecule has 0 aliphatic carbocycles. The average molecular weight is 294 g/mol. The van der Waals surface area contributed by atoms with E-state index in [0.29, 0.717) is 13.0 Å². The van der Waals surface area contributed by atoms with E-state index in [0.717, 1.165) is 0 Å². The van der Waals surface area contributed by atoms with Gasteiger partial charge >= 0.3 is 0 Å². The van der Waals surface area contributed by atoms with Gasteiger partial charge in [0.25, 0.3) is 0 Å². The lowest BCUT2D eigenvalue weighted by Crippen LogP contribution is -2.52. The lowest BCUT2D eigenvalue weighted by molar-refractivity contribution is -0.130. The van der Waals surface area contributed by atoms with Gasteiger partial charge in [-0.05, 0) is 18.8 Å². The van der Waals surface area contributed by atoms with Crippen molar-refractivity contribution in [2.24, 2.45) is 17.6 Å². The maximum atomic E-state index is 12.0. The topological polar surface area (TPSA) is 84.2 Å². The smallest absolute Gasteiger partial charge is 0.243 e. The Morgan fingerprint density at radius 3 is 1.95 bits per heavy atom. The molecule has 0 spiro atoms. The van der Waals surface area contributed by atoms with Crippen molar-refractivity contribution in [2.75, 3.05) is 6.54 Å². The normalized spacial score (nSPS) is 13.7. The number of hydrogen-bond donors (Lipinski definition) is 3. The maximum Gasteiger partial charge on any atom is 0.243 e. The van der Waals surface area contributed by atoms with Gasteiger partial charge in [0, 0.05) is 19.0 Å². The van der Waals surface area contributed by atoms with E-state index in [2.05, 4.69) is 10.6 Å². The zero-order valence-corrected chi connectivity index (χ0v) is 13.3. The molecule has 0 heterocycles. The zero-order valence-electron chi connectivity index (χ0n) is 12.5. The van der Waals surface area contributed by atoms with Crippen molar-refractivity contribution < 1.29 is 9.59 Å². The molecule has 5 nitrogen and oxygen atoms in total. The highest BCUT2D eigenvalue weighted by Gasteiger charge is 2.24. The van der Waals surface area contributed by atoms with Crippen LogP contribution in [0.3, 0.4) is 0 Å². The Morgan fingerprint density at radius 1 is 1.05 bits per heavy atom. The summed E-state index contributed by atoms with van der Waals surface area (Å²) in [5.41, 5.74) is 5.46. The Bertz CT molecular complexity index is 283. The minimum Gasteiger partial charge on any atom is -0.351 e. The molecule has 0 aromatic carbocycles. The summed E-state index contributed by atoms with van der Waals surface area (Å²) in [6.45, 7) is 9.99. The molecule has 0 aromatic heterocycles. The van der Waals surface area contributed by atoms with Crippen molar-refractivity contribution in [1.29, 1.82) is 0 Å². The van der Waals surface area contributed by atoms with Gasteiger partial charge in [0.2, 0.25) is 11.8 Å². The Kier molecular flexibility index (Phi) is 10.8. The molecule has 0 bridgehead atoms. The van der Waals surface area contributed by atoms with E-state index in [1.54, 1.807) is 0 Å². The van der Waals surface area contributed by atoms with Crippen LogP contribution in [0, 0.1) is 11.8 Å². The fourth-order valence-electron chi connectivity index (χ4n) is 1.53. The van der Waals surface area contributed by atoms with Crippen molar-refractivity contribution in [3.05, 3.63) is 0 Å². The quantitative estimate of drug-likeness (QED) is 0.656. The summed E-state index contributed by atoms with van der Waals surface area (Å²) < 4.78 is 0. The molecular weight excluding hydrogens is 266 g/mol. The molecule has 0 aliphatic rings. The summed E-state index contributed by atoms with van der Waals surface area (Å²) in [6.07, 6.45) is 0.433. The molecular formula is C13H28ClN3O2. The summed E-state index contributed by atoms with van der Waals surface area (Å²) in [4.78, 5) is 23.7. The SMILES string of the molecule is CC(C)CC(=O)NC(C(=O)N[C@@H](C)CN)C(C)C.Cl. The van der Waals surface area contributed by atoms with Gasteiger partial charge in [0.05, 0.1) is 0 Å². The van der Waals surface area contributed by atoms with E-state index in [1.807, 2.05) is 34.6 Å². The van der Waals surface area contributed by atoms with Crippen LogP contribution in [-0.2, 0) is 9.59 Å². The van der Waals surface area contributed by atoms with Crippen LogP contribution in [0.2, 0.25) is 0 Å². The van der Waals surface area contributed by atoms with Gasteiger partial charge in [-0.3, -0.25) is 9.59 Å². The highest BCUT2D eigenvalue weighted by atomic mass is 35.5. The monoisotopic (exact) mass is 293 g/mol. The number of hydrogen-bond acceptors (Lipinski definition) is 3. The second-order valence-corrected chi connectivity index (χ2v) is 5.53. The minimum absolute atomic E-state index is 0. The van der Waals surface area contributed by atoms with Crippen LogP contribution < -0.4 is 16.4 Å². The number of nitrogens with one attached hydrogen (secondary N) is 2. The van der Waals surface area contributed by atoms with Crippen LogP contribution in [0.5, 0.6) is 0 Å². The third kappa shape index (κ3) is 8.83. The molecule has 6 heteroatoms. The highest BCUT2D eigenvalue weighted by molar-refractivity contribution is 5.88. The number of carbonyl (C=O) groups is 2. The fourth-order valence-corrected chi connectivity index (χ4v) is 1.53. The van der Waals surface area contributed by atoms with Crippen molar-refractivity contribution in [2.45, 2.75) is 53.1 Å². The Hall–Kier alpha value is -0.810. The molecule has 0 aliphatic heterocycles. The van der Waals surface area contributed by atoms with Gasteiger partial charge < -0.3 is 16.4 Å². The van der Waals surface area contributed by atoms with Gasteiger partial charge in [-0.25, -0.2) is 0 Å². The summed E-state index contributed by atoms with van der Waals surface area (Å²) in [5, 5.41) is 5.58. The standard InChI is InChI=1S/C13H27N3O2.ClH/c1-8(2)6-11(17)16-12(9(3)4)13(18)15-10(5)7-14;/h8-10,12H,6-7,14H2,1-5H3,(H,15,18)(H,16,17);1H/t10-,12?;/m0./s1. The fraction of sp³-hybridized carbons (Fsp3) is 0.846. The molecule has 114 valence electrons. The van der Waals surface area contributed by atoms with E-state index in [-0.39, 0.29) is 42.1 Å². The first-order chi connectivity index (χ1) is 8.27. The summed E-state index contributed by atoms with van der Waals surface area (Å²) in [7, 11) is 0. The number of nitrogens with two attached hydrogens (primary N) is 1. The number of rotatable bonds is 7. The van der Waals surface area contributed by atoms with Crippen molar-refractivity contribution in [1.82, 2.24) is 10.6 Å². The lowest BCUT2D eigenvalue weighted by Gasteiger charge is -2.24. The first kappa shape index (κ1) is 20.5. The maximum absolute atomic E-state index is 12.0. The van der Waals surface area contributed by atoms with Crippen LogP contribution in [-0.4, -0.2) is 30.4 Å². The molecule has 0 saturated carbocycles. The minimum atomic E-state index is -0.495. The highest BCUT2D eigenvalue weighted by Crippen LogP contribution is 2.05. The van der Waals surface area contributed by atoms with Gasteiger partial charge in [-0.1, -0.05) is 27.7 Å². The lowest BCUT2D eigenvalue weighted by atomic mass is 10.0. The number of halogens is 1. The van der Waals surface area contributed by atoms with E-state index in [9.17, 15) is 9.59 Å². The van der Waals surface area contributed by atoms with Crippen LogP contribution >= 0.6 is 12.4 Å².